The second-order valence-electron chi connectivity index (χ2n) is 8.52. The Morgan fingerprint density at radius 3 is 2.55 bits per heavy atom. The molecule has 2 heterocycles. The molecule has 1 aromatic heterocycles. The zero-order valence-electron chi connectivity index (χ0n) is 18.4. The maximum atomic E-state index is 12.9. The van der Waals surface area contributed by atoms with E-state index in [1.165, 1.54) is 5.57 Å². The van der Waals surface area contributed by atoms with Crippen LogP contribution in [0.3, 0.4) is 0 Å². The molecular weight excluding hydrogens is 392 g/mol. The van der Waals surface area contributed by atoms with Crippen LogP contribution in [0.1, 0.15) is 38.8 Å². The number of rotatable bonds is 4. The minimum absolute atomic E-state index is 0.134. The molecule has 0 bridgehead atoms. The number of hydrogen-bond donors (Lipinski definition) is 1. The van der Waals surface area contributed by atoms with Gasteiger partial charge in [0.05, 0.1) is 23.6 Å². The molecule has 0 saturated carbocycles. The van der Waals surface area contributed by atoms with E-state index >= 15 is 0 Å². The van der Waals surface area contributed by atoms with Gasteiger partial charge in [0.2, 0.25) is 0 Å². The van der Waals surface area contributed by atoms with E-state index in [0.717, 1.165) is 11.1 Å². The molecule has 0 saturated heterocycles. The second kappa shape index (κ2) is 7.65. The highest BCUT2D eigenvalue weighted by Gasteiger charge is 2.30. The number of phenols is 1. The van der Waals surface area contributed by atoms with Crippen LogP contribution in [0.25, 0.3) is 28.2 Å². The van der Waals surface area contributed by atoms with Gasteiger partial charge in [-0.3, -0.25) is 0 Å². The number of methoxy groups -OCH3 is 1. The summed E-state index contributed by atoms with van der Waals surface area (Å²) in [6, 6.07) is 8.26. The molecule has 5 nitrogen and oxygen atoms in total. The van der Waals surface area contributed by atoms with Crippen molar-refractivity contribution in [1.29, 1.82) is 0 Å². The lowest BCUT2D eigenvalue weighted by molar-refractivity contribution is 0.157. The van der Waals surface area contributed by atoms with Crippen molar-refractivity contribution >= 4 is 17.0 Å². The number of ether oxygens (including phenoxy) is 2. The second-order valence-corrected chi connectivity index (χ2v) is 8.52. The van der Waals surface area contributed by atoms with Crippen LogP contribution in [-0.2, 0) is 6.42 Å². The van der Waals surface area contributed by atoms with E-state index in [-0.39, 0.29) is 5.75 Å². The monoisotopic (exact) mass is 418 g/mol. The summed E-state index contributed by atoms with van der Waals surface area (Å²) in [6.07, 6.45) is 6.66. The Hall–Kier alpha value is -3.47. The molecule has 0 amide bonds. The highest BCUT2D eigenvalue weighted by atomic mass is 16.5. The van der Waals surface area contributed by atoms with Crippen molar-refractivity contribution in [3.8, 4) is 28.4 Å². The van der Waals surface area contributed by atoms with Gasteiger partial charge in [-0.25, -0.2) is 4.79 Å². The normalized spacial score (nSPS) is 14.1. The van der Waals surface area contributed by atoms with Crippen molar-refractivity contribution in [2.24, 2.45) is 0 Å². The molecule has 0 atom stereocenters. The zero-order chi connectivity index (χ0) is 22.3. The first-order chi connectivity index (χ1) is 14.7. The molecule has 5 heteroatoms. The maximum absolute atomic E-state index is 12.9. The Balaban J connectivity index is 2.06. The molecule has 0 spiro atoms. The number of aromatic hydroxyl groups is 1. The molecule has 160 valence electrons. The van der Waals surface area contributed by atoms with E-state index in [2.05, 4.69) is 6.08 Å². The molecule has 0 radical (unpaired) electrons. The average molecular weight is 418 g/mol. The minimum Gasteiger partial charge on any atom is -0.508 e. The summed E-state index contributed by atoms with van der Waals surface area (Å²) >= 11 is 0. The molecule has 31 heavy (non-hydrogen) atoms. The van der Waals surface area contributed by atoms with Gasteiger partial charge in [-0.2, -0.15) is 0 Å². The first kappa shape index (κ1) is 20.8. The van der Waals surface area contributed by atoms with Gasteiger partial charge < -0.3 is 19.0 Å². The third-order valence-corrected chi connectivity index (χ3v) is 5.34. The van der Waals surface area contributed by atoms with E-state index in [9.17, 15) is 9.90 Å². The third kappa shape index (κ3) is 3.83. The molecule has 4 rings (SSSR count). The molecule has 3 aromatic rings. The van der Waals surface area contributed by atoms with Crippen molar-refractivity contribution in [1.82, 2.24) is 0 Å². The highest BCUT2D eigenvalue weighted by molar-refractivity contribution is 5.97. The van der Waals surface area contributed by atoms with Crippen molar-refractivity contribution in [3.05, 3.63) is 69.6 Å². The highest BCUT2D eigenvalue weighted by Crippen LogP contribution is 2.46. The topological polar surface area (TPSA) is 68.9 Å². The van der Waals surface area contributed by atoms with Crippen molar-refractivity contribution in [2.45, 2.75) is 39.7 Å². The van der Waals surface area contributed by atoms with Gasteiger partial charge in [0.1, 0.15) is 22.8 Å². The summed E-state index contributed by atoms with van der Waals surface area (Å²) in [5, 5.41) is 10.3. The quantitative estimate of drug-likeness (QED) is 0.424. The van der Waals surface area contributed by atoms with Gasteiger partial charge in [-0.15, -0.1) is 0 Å². The number of allylic oxidation sites excluding steroid dienone is 2. The summed E-state index contributed by atoms with van der Waals surface area (Å²) < 4.78 is 18.0. The molecule has 0 aliphatic carbocycles. The van der Waals surface area contributed by atoms with Crippen LogP contribution < -0.4 is 15.1 Å². The van der Waals surface area contributed by atoms with Crippen LogP contribution in [0.15, 0.2) is 57.3 Å². The first-order valence-electron chi connectivity index (χ1n) is 10.2. The van der Waals surface area contributed by atoms with Crippen LogP contribution in [0.4, 0.5) is 0 Å². The number of phenolic OH excluding ortho intramolecular Hbond substituents is 1. The molecule has 1 N–H and O–H groups in total. The van der Waals surface area contributed by atoms with E-state index in [0.29, 0.717) is 40.0 Å². The Labute approximate surface area is 181 Å². The van der Waals surface area contributed by atoms with Crippen molar-refractivity contribution < 1.29 is 19.0 Å². The average Bonchev–Trinajstić information content (AvgIpc) is 2.71. The standard InChI is InChI=1S/C26H26O5/c1-15(2)6-11-18-22(29-5)21-14-20(16-7-9-17(27)10-8-16)25(28)30-23(21)19-12-13-26(3,4)31-24(18)19/h6-10,12-14,27H,11H2,1-5H3. The molecule has 0 fully saturated rings. The summed E-state index contributed by atoms with van der Waals surface area (Å²) in [5.41, 5.74) is 3.39. The Bertz CT molecular complexity index is 1270. The van der Waals surface area contributed by atoms with E-state index in [4.69, 9.17) is 13.9 Å². The predicted molar refractivity (Wildman–Crippen MR) is 123 cm³/mol. The summed E-state index contributed by atoms with van der Waals surface area (Å²) in [7, 11) is 1.61. The third-order valence-electron chi connectivity index (χ3n) is 5.34. The number of benzene rings is 2. The Morgan fingerprint density at radius 2 is 1.90 bits per heavy atom. The van der Waals surface area contributed by atoms with Crippen LogP contribution in [0.5, 0.6) is 17.2 Å². The van der Waals surface area contributed by atoms with Crippen molar-refractivity contribution in [3.63, 3.8) is 0 Å². The maximum Gasteiger partial charge on any atom is 0.344 e. The summed E-state index contributed by atoms with van der Waals surface area (Å²) in [4.78, 5) is 12.9. The van der Waals surface area contributed by atoms with Crippen LogP contribution in [-0.4, -0.2) is 17.8 Å². The number of hydrogen-bond acceptors (Lipinski definition) is 5. The lowest BCUT2D eigenvalue weighted by Gasteiger charge is -2.30. The fourth-order valence-corrected chi connectivity index (χ4v) is 3.79. The van der Waals surface area contributed by atoms with Gasteiger partial charge in [0.15, 0.2) is 5.58 Å². The smallest absolute Gasteiger partial charge is 0.344 e. The van der Waals surface area contributed by atoms with Gasteiger partial charge in [0.25, 0.3) is 0 Å². The van der Waals surface area contributed by atoms with Crippen LogP contribution >= 0.6 is 0 Å². The fourth-order valence-electron chi connectivity index (χ4n) is 3.79. The van der Waals surface area contributed by atoms with Gasteiger partial charge in [-0.1, -0.05) is 23.8 Å². The SMILES string of the molecule is COc1c(CC=C(C)C)c2c(c3oc(=O)c(-c4ccc(O)cc4)cc13)C=CC(C)(C)O2. The van der Waals surface area contributed by atoms with Gasteiger partial charge in [0, 0.05) is 5.56 Å². The lowest BCUT2D eigenvalue weighted by Crippen LogP contribution is -2.28. The largest absolute Gasteiger partial charge is 0.508 e. The predicted octanol–water partition coefficient (Wildman–Crippen LogP) is 5.87. The van der Waals surface area contributed by atoms with Crippen molar-refractivity contribution in [2.75, 3.05) is 7.11 Å². The fraction of sp³-hybridized carbons (Fsp3) is 0.269. The molecular formula is C26H26O5. The molecule has 1 aliphatic heterocycles. The van der Waals surface area contributed by atoms with E-state index < -0.39 is 11.2 Å². The minimum atomic E-state index is -0.488. The first-order valence-corrected chi connectivity index (χ1v) is 10.2. The summed E-state index contributed by atoms with van der Waals surface area (Å²) in [5.74, 6) is 1.44. The van der Waals surface area contributed by atoms with E-state index in [1.807, 2.05) is 39.8 Å². The molecule has 1 aliphatic rings. The van der Waals surface area contributed by atoms with Crippen LogP contribution in [0.2, 0.25) is 0 Å². The zero-order valence-corrected chi connectivity index (χ0v) is 18.4. The van der Waals surface area contributed by atoms with Crippen LogP contribution in [0, 0.1) is 0 Å². The van der Waals surface area contributed by atoms with Gasteiger partial charge >= 0.3 is 5.63 Å². The Morgan fingerprint density at radius 1 is 1.19 bits per heavy atom. The molecule has 2 aromatic carbocycles. The van der Waals surface area contributed by atoms with E-state index in [1.54, 1.807) is 37.4 Å². The lowest BCUT2D eigenvalue weighted by atomic mass is 9.94. The molecule has 0 unspecified atom stereocenters. The van der Waals surface area contributed by atoms with Gasteiger partial charge in [-0.05, 0) is 70.0 Å². The summed E-state index contributed by atoms with van der Waals surface area (Å²) in [6.45, 7) is 8.06. The number of fused-ring (bicyclic) bond motifs is 3. The Kier molecular flexibility index (Phi) is 5.13.